The minimum absolute atomic E-state index is 0.0530. The number of carboxylic acid groups (broad SMARTS) is 1. The summed E-state index contributed by atoms with van der Waals surface area (Å²) in [6.45, 7) is 1.42. The number of halogens is 3. The first kappa shape index (κ1) is 16.5. The Morgan fingerprint density at radius 1 is 1.33 bits per heavy atom. The molecule has 0 radical (unpaired) electrons. The van der Waals surface area contributed by atoms with Gasteiger partial charge in [-0.15, -0.1) is 0 Å². The van der Waals surface area contributed by atoms with Crippen LogP contribution in [0.1, 0.15) is 12.5 Å². The van der Waals surface area contributed by atoms with Crippen molar-refractivity contribution in [3.63, 3.8) is 0 Å². The highest BCUT2D eigenvalue weighted by molar-refractivity contribution is 6.13. The van der Waals surface area contributed by atoms with Crippen LogP contribution in [0, 0.1) is 0 Å². The van der Waals surface area contributed by atoms with Gasteiger partial charge in [0.25, 0.3) is 0 Å². The third-order valence-electron chi connectivity index (χ3n) is 2.33. The standard InChI is InChI=1S/C13H12F3NO4/c1-2-21-12(20)8(11(18)19)7-17-10-6-4-3-5-9(10)13(14,15)16/h3-7,17H,2H2,1H3,(H,18,19). The number of ether oxygens (including phenoxy) is 1. The lowest BCUT2D eigenvalue weighted by atomic mass is 10.1. The van der Waals surface area contributed by atoms with Crippen LogP contribution in [0.15, 0.2) is 36.0 Å². The van der Waals surface area contributed by atoms with Gasteiger partial charge in [0.1, 0.15) is 0 Å². The van der Waals surface area contributed by atoms with Crippen LogP contribution < -0.4 is 5.32 Å². The van der Waals surface area contributed by atoms with Crippen molar-refractivity contribution >= 4 is 17.6 Å². The lowest BCUT2D eigenvalue weighted by Gasteiger charge is -2.12. The number of benzene rings is 1. The molecule has 0 aromatic heterocycles. The van der Waals surface area contributed by atoms with Crippen molar-refractivity contribution in [1.29, 1.82) is 0 Å². The van der Waals surface area contributed by atoms with Gasteiger partial charge >= 0.3 is 18.1 Å². The Labute approximate surface area is 118 Å². The summed E-state index contributed by atoms with van der Waals surface area (Å²) in [6.07, 6.45) is -3.93. The molecule has 0 saturated carbocycles. The van der Waals surface area contributed by atoms with Crippen LogP contribution in [0.3, 0.4) is 0 Å². The summed E-state index contributed by atoms with van der Waals surface area (Å²) in [7, 11) is 0. The van der Waals surface area contributed by atoms with Gasteiger partial charge in [0.15, 0.2) is 5.57 Å². The molecule has 0 heterocycles. The number of carbonyl (C=O) groups is 2. The zero-order chi connectivity index (χ0) is 16.0. The Hall–Kier alpha value is -2.51. The number of rotatable bonds is 5. The summed E-state index contributed by atoms with van der Waals surface area (Å²) in [5, 5.41) is 11.0. The Morgan fingerprint density at radius 2 is 1.95 bits per heavy atom. The maximum absolute atomic E-state index is 12.7. The van der Waals surface area contributed by atoms with E-state index in [1.165, 1.54) is 19.1 Å². The molecule has 0 aliphatic heterocycles. The second-order valence-electron chi connectivity index (χ2n) is 3.77. The van der Waals surface area contributed by atoms with E-state index in [1.807, 2.05) is 0 Å². The van der Waals surface area contributed by atoms with E-state index in [0.717, 1.165) is 12.1 Å². The fourth-order valence-electron chi connectivity index (χ4n) is 1.42. The molecular formula is C13H12F3NO4. The fraction of sp³-hybridized carbons (Fsp3) is 0.231. The third-order valence-corrected chi connectivity index (χ3v) is 2.33. The van der Waals surface area contributed by atoms with E-state index in [4.69, 9.17) is 5.11 Å². The number of carboxylic acids is 1. The molecule has 0 bridgehead atoms. The first-order valence-corrected chi connectivity index (χ1v) is 5.80. The monoisotopic (exact) mass is 303 g/mol. The highest BCUT2D eigenvalue weighted by atomic mass is 19.4. The summed E-state index contributed by atoms with van der Waals surface area (Å²) in [5.74, 6) is -2.74. The highest BCUT2D eigenvalue weighted by Crippen LogP contribution is 2.34. The van der Waals surface area contributed by atoms with E-state index < -0.39 is 29.3 Å². The fourth-order valence-corrected chi connectivity index (χ4v) is 1.42. The van der Waals surface area contributed by atoms with Gasteiger partial charge < -0.3 is 15.2 Å². The lowest BCUT2D eigenvalue weighted by molar-refractivity contribution is -0.144. The van der Waals surface area contributed by atoms with Crippen molar-refractivity contribution < 1.29 is 32.6 Å². The van der Waals surface area contributed by atoms with Crippen LogP contribution in [0.5, 0.6) is 0 Å². The zero-order valence-electron chi connectivity index (χ0n) is 10.9. The maximum Gasteiger partial charge on any atom is 0.418 e. The number of hydrogen-bond acceptors (Lipinski definition) is 4. The van der Waals surface area contributed by atoms with Gasteiger partial charge in [0.2, 0.25) is 0 Å². The van der Waals surface area contributed by atoms with Gasteiger partial charge in [-0.1, -0.05) is 12.1 Å². The van der Waals surface area contributed by atoms with Crippen LogP contribution >= 0.6 is 0 Å². The van der Waals surface area contributed by atoms with Gasteiger partial charge in [0.05, 0.1) is 17.9 Å². The van der Waals surface area contributed by atoms with Crippen molar-refractivity contribution in [2.45, 2.75) is 13.1 Å². The molecule has 2 N–H and O–H groups in total. The molecule has 1 aromatic carbocycles. The van der Waals surface area contributed by atoms with E-state index in [-0.39, 0.29) is 12.3 Å². The quantitative estimate of drug-likeness (QED) is 0.378. The highest BCUT2D eigenvalue weighted by Gasteiger charge is 2.33. The zero-order valence-corrected chi connectivity index (χ0v) is 10.9. The number of nitrogens with one attached hydrogen (secondary N) is 1. The number of carbonyl (C=O) groups excluding carboxylic acids is 1. The molecule has 0 unspecified atom stereocenters. The minimum atomic E-state index is -4.61. The van der Waals surface area contributed by atoms with E-state index >= 15 is 0 Å². The van der Waals surface area contributed by atoms with Crippen molar-refractivity contribution in [2.75, 3.05) is 11.9 Å². The molecule has 1 aromatic rings. The molecule has 0 amide bonds. The Morgan fingerprint density at radius 3 is 2.48 bits per heavy atom. The molecule has 1 rings (SSSR count). The van der Waals surface area contributed by atoms with Crippen molar-refractivity contribution in [1.82, 2.24) is 0 Å². The van der Waals surface area contributed by atoms with Crippen LogP contribution in [-0.2, 0) is 20.5 Å². The molecule has 5 nitrogen and oxygen atoms in total. The molecule has 0 spiro atoms. The number of anilines is 1. The molecule has 0 atom stereocenters. The number of hydrogen-bond donors (Lipinski definition) is 2. The van der Waals surface area contributed by atoms with Gasteiger partial charge in [-0.05, 0) is 19.1 Å². The molecule has 0 aliphatic carbocycles. The average molecular weight is 303 g/mol. The predicted molar refractivity (Wildman–Crippen MR) is 67.4 cm³/mol. The maximum atomic E-state index is 12.7. The minimum Gasteiger partial charge on any atom is -0.477 e. The largest absolute Gasteiger partial charge is 0.477 e. The third kappa shape index (κ3) is 4.51. The second kappa shape index (κ2) is 6.78. The van der Waals surface area contributed by atoms with E-state index in [0.29, 0.717) is 6.20 Å². The van der Waals surface area contributed by atoms with E-state index in [9.17, 15) is 22.8 Å². The number of alkyl halides is 3. The number of esters is 1. The van der Waals surface area contributed by atoms with Gasteiger partial charge in [-0.25, -0.2) is 9.59 Å². The van der Waals surface area contributed by atoms with Crippen molar-refractivity contribution in [2.24, 2.45) is 0 Å². The Bertz CT molecular complexity index is 567. The summed E-state index contributed by atoms with van der Waals surface area (Å²) < 4.78 is 42.7. The summed E-state index contributed by atoms with van der Waals surface area (Å²) in [6, 6.07) is 4.49. The molecule has 114 valence electrons. The summed E-state index contributed by atoms with van der Waals surface area (Å²) in [5.41, 5.74) is -2.14. The molecule has 0 aliphatic rings. The smallest absolute Gasteiger partial charge is 0.418 e. The number of aliphatic carboxylic acids is 1. The first-order valence-electron chi connectivity index (χ1n) is 5.80. The van der Waals surface area contributed by atoms with Crippen LogP contribution in [0.25, 0.3) is 0 Å². The van der Waals surface area contributed by atoms with E-state index in [2.05, 4.69) is 10.1 Å². The predicted octanol–water partition coefficient (Wildman–Crippen LogP) is 2.65. The topological polar surface area (TPSA) is 75.6 Å². The summed E-state index contributed by atoms with van der Waals surface area (Å²) >= 11 is 0. The van der Waals surface area contributed by atoms with Crippen molar-refractivity contribution in [3.05, 3.63) is 41.6 Å². The van der Waals surface area contributed by atoms with Gasteiger partial charge in [0, 0.05) is 6.20 Å². The number of para-hydroxylation sites is 1. The first-order chi connectivity index (χ1) is 9.77. The van der Waals surface area contributed by atoms with Crippen molar-refractivity contribution in [3.8, 4) is 0 Å². The molecule has 0 fully saturated rings. The normalized spacial score (nSPS) is 11.9. The average Bonchev–Trinajstić information content (AvgIpc) is 2.38. The Balaban J connectivity index is 3.07. The summed E-state index contributed by atoms with van der Waals surface area (Å²) in [4.78, 5) is 22.2. The van der Waals surface area contributed by atoms with Gasteiger partial charge in [-0.2, -0.15) is 13.2 Å². The van der Waals surface area contributed by atoms with Crippen LogP contribution in [-0.4, -0.2) is 23.7 Å². The van der Waals surface area contributed by atoms with E-state index in [1.54, 1.807) is 0 Å². The van der Waals surface area contributed by atoms with Gasteiger partial charge in [-0.3, -0.25) is 0 Å². The second-order valence-corrected chi connectivity index (χ2v) is 3.77. The Kier molecular flexibility index (Phi) is 5.34. The lowest BCUT2D eigenvalue weighted by Crippen LogP contribution is -2.17. The molecule has 8 heteroatoms. The van der Waals surface area contributed by atoms with Crippen LogP contribution in [0.2, 0.25) is 0 Å². The van der Waals surface area contributed by atoms with Crippen LogP contribution in [0.4, 0.5) is 18.9 Å². The molecule has 0 saturated heterocycles. The SMILES string of the molecule is CCOC(=O)C(=CNc1ccccc1C(F)(F)F)C(=O)O. The molecule has 21 heavy (non-hydrogen) atoms. The molecular weight excluding hydrogens is 291 g/mol.